The SMILES string of the molecule is Cc1ccc(-n2nc(N)c(CCCN)c2N)cc1. The molecule has 96 valence electrons. The Balaban J connectivity index is 2.37. The highest BCUT2D eigenvalue weighted by Crippen LogP contribution is 2.24. The van der Waals surface area contributed by atoms with E-state index in [1.165, 1.54) is 5.56 Å². The largest absolute Gasteiger partial charge is 0.383 e. The van der Waals surface area contributed by atoms with E-state index in [0.29, 0.717) is 18.2 Å². The van der Waals surface area contributed by atoms with Crippen molar-refractivity contribution in [1.29, 1.82) is 0 Å². The van der Waals surface area contributed by atoms with Crippen LogP contribution in [-0.2, 0) is 6.42 Å². The molecule has 1 aromatic carbocycles. The Labute approximate surface area is 107 Å². The number of nitrogens with two attached hydrogens (primary N) is 3. The van der Waals surface area contributed by atoms with Crippen LogP contribution in [0.1, 0.15) is 17.5 Å². The summed E-state index contributed by atoms with van der Waals surface area (Å²) in [5.41, 5.74) is 20.5. The molecule has 0 fully saturated rings. The van der Waals surface area contributed by atoms with Gasteiger partial charge in [0.2, 0.25) is 0 Å². The lowest BCUT2D eigenvalue weighted by atomic mass is 10.1. The number of aryl methyl sites for hydroxylation is 1. The van der Waals surface area contributed by atoms with Crippen LogP contribution in [-0.4, -0.2) is 16.3 Å². The van der Waals surface area contributed by atoms with E-state index < -0.39 is 0 Å². The number of benzene rings is 1. The molecule has 0 spiro atoms. The third kappa shape index (κ3) is 2.31. The Kier molecular flexibility index (Phi) is 3.53. The van der Waals surface area contributed by atoms with Gasteiger partial charge in [-0.05, 0) is 38.4 Å². The fourth-order valence-electron chi connectivity index (χ4n) is 1.90. The molecular formula is C13H19N5. The van der Waals surface area contributed by atoms with E-state index >= 15 is 0 Å². The standard InChI is InChI=1S/C13H19N5/c1-9-4-6-10(7-5-9)18-13(16)11(3-2-8-14)12(15)17-18/h4-7H,2-3,8,14,16H2,1H3,(H2,15,17). The van der Waals surface area contributed by atoms with E-state index in [1.807, 2.05) is 31.2 Å². The summed E-state index contributed by atoms with van der Waals surface area (Å²) < 4.78 is 1.68. The second-order valence-electron chi connectivity index (χ2n) is 4.39. The molecule has 0 bridgehead atoms. The van der Waals surface area contributed by atoms with Gasteiger partial charge in [-0.1, -0.05) is 17.7 Å². The van der Waals surface area contributed by atoms with Crippen LogP contribution >= 0.6 is 0 Å². The van der Waals surface area contributed by atoms with Crippen molar-refractivity contribution in [3.63, 3.8) is 0 Å². The summed E-state index contributed by atoms with van der Waals surface area (Å²) in [5, 5.41) is 4.29. The van der Waals surface area contributed by atoms with Gasteiger partial charge >= 0.3 is 0 Å². The zero-order valence-electron chi connectivity index (χ0n) is 10.6. The van der Waals surface area contributed by atoms with Crippen LogP contribution in [0.5, 0.6) is 0 Å². The minimum Gasteiger partial charge on any atom is -0.383 e. The maximum atomic E-state index is 6.09. The second-order valence-corrected chi connectivity index (χ2v) is 4.39. The molecule has 5 heteroatoms. The molecule has 5 nitrogen and oxygen atoms in total. The highest BCUT2D eigenvalue weighted by atomic mass is 15.3. The Bertz CT molecular complexity index is 527. The van der Waals surface area contributed by atoms with Crippen LogP contribution < -0.4 is 17.2 Å². The van der Waals surface area contributed by atoms with E-state index in [4.69, 9.17) is 17.2 Å². The van der Waals surface area contributed by atoms with Gasteiger partial charge in [0.05, 0.1) is 5.69 Å². The first-order valence-electron chi connectivity index (χ1n) is 6.03. The van der Waals surface area contributed by atoms with Crippen molar-refractivity contribution >= 4 is 11.6 Å². The Hall–Kier alpha value is -2.01. The van der Waals surface area contributed by atoms with Crippen molar-refractivity contribution in [2.75, 3.05) is 18.0 Å². The number of hydrogen-bond donors (Lipinski definition) is 3. The van der Waals surface area contributed by atoms with Gasteiger partial charge in [0.25, 0.3) is 0 Å². The molecule has 0 saturated carbocycles. The van der Waals surface area contributed by atoms with Crippen LogP contribution in [0.2, 0.25) is 0 Å². The summed E-state index contributed by atoms with van der Waals surface area (Å²) in [5.74, 6) is 1.09. The number of nitrogen functional groups attached to an aromatic ring is 2. The summed E-state index contributed by atoms with van der Waals surface area (Å²) in [6, 6.07) is 7.99. The third-order valence-electron chi connectivity index (χ3n) is 2.96. The van der Waals surface area contributed by atoms with Crippen LogP contribution in [0.15, 0.2) is 24.3 Å². The highest BCUT2D eigenvalue weighted by molar-refractivity contribution is 5.58. The lowest BCUT2D eigenvalue weighted by molar-refractivity contribution is 0.834. The van der Waals surface area contributed by atoms with Crippen molar-refractivity contribution < 1.29 is 0 Å². The second kappa shape index (κ2) is 5.10. The van der Waals surface area contributed by atoms with Crippen LogP contribution in [0.4, 0.5) is 11.6 Å². The summed E-state index contributed by atoms with van der Waals surface area (Å²) in [6.45, 7) is 2.66. The molecule has 0 atom stereocenters. The zero-order valence-corrected chi connectivity index (χ0v) is 10.6. The molecule has 2 aromatic rings. The molecule has 6 N–H and O–H groups in total. The number of hydrogen-bond acceptors (Lipinski definition) is 4. The van der Waals surface area contributed by atoms with E-state index in [0.717, 1.165) is 24.1 Å². The molecule has 0 unspecified atom stereocenters. The monoisotopic (exact) mass is 245 g/mol. The zero-order chi connectivity index (χ0) is 13.1. The first kappa shape index (κ1) is 12.4. The van der Waals surface area contributed by atoms with Crippen LogP contribution in [0.25, 0.3) is 5.69 Å². The number of rotatable bonds is 4. The number of aromatic nitrogens is 2. The van der Waals surface area contributed by atoms with E-state index in [1.54, 1.807) is 4.68 Å². The summed E-state index contributed by atoms with van der Waals surface area (Å²) in [4.78, 5) is 0. The summed E-state index contributed by atoms with van der Waals surface area (Å²) in [6.07, 6.45) is 1.62. The smallest absolute Gasteiger partial charge is 0.151 e. The molecule has 1 heterocycles. The van der Waals surface area contributed by atoms with Gasteiger partial charge in [-0.2, -0.15) is 0 Å². The first-order chi connectivity index (χ1) is 8.63. The van der Waals surface area contributed by atoms with Gasteiger partial charge in [0.1, 0.15) is 5.82 Å². The lowest BCUT2D eigenvalue weighted by Gasteiger charge is -2.05. The van der Waals surface area contributed by atoms with Crippen LogP contribution in [0.3, 0.4) is 0 Å². The molecule has 18 heavy (non-hydrogen) atoms. The number of nitrogens with zero attached hydrogens (tertiary/aromatic N) is 2. The highest BCUT2D eigenvalue weighted by Gasteiger charge is 2.13. The van der Waals surface area contributed by atoms with Crippen molar-refractivity contribution in [3.8, 4) is 5.69 Å². The molecule has 0 radical (unpaired) electrons. The average molecular weight is 245 g/mol. The van der Waals surface area contributed by atoms with Crippen molar-refractivity contribution in [3.05, 3.63) is 35.4 Å². The van der Waals surface area contributed by atoms with Gasteiger partial charge in [-0.3, -0.25) is 0 Å². The van der Waals surface area contributed by atoms with Crippen molar-refractivity contribution in [2.45, 2.75) is 19.8 Å². The minimum absolute atomic E-state index is 0.488. The topological polar surface area (TPSA) is 95.9 Å². The summed E-state index contributed by atoms with van der Waals surface area (Å²) >= 11 is 0. The molecular weight excluding hydrogens is 226 g/mol. The van der Waals surface area contributed by atoms with Crippen LogP contribution in [0, 0.1) is 6.92 Å². The van der Waals surface area contributed by atoms with E-state index in [2.05, 4.69) is 5.10 Å². The van der Waals surface area contributed by atoms with Gasteiger partial charge in [0, 0.05) is 5.56 Å². The Morgan fingerprint density at radius 2 is 1.83 bits per heavy atom. The van der Waals surface area contributed by atoms with Gasteiger partial charge in [0.15, 0.2) is 5.82 Å². The molecule has 0 aliphatic rings. The van der Waals surface area contributed by atoms with E-state index in [-0.39, 0.29) is 0 Å². The Morgan fingerprint density at radius 3 is 2.44 bits per heavy atom. The maximum Gasteiger partial charge on any atom is 0.151 e. The predicted octanol–water partition coefficient (Wildman–Crippen LogP) is 1.24. The Morgan fingerprint density at radius 1 is 1.17 bits per heavy atom. The fourth-order valence-corrected chi connectivity index (χ4v) is 1.90. The number of anilines is 2. The molecule has 0 amide bonds. The van der Waals surface area contributed by atoms with Gasteiger partial charge < -0.3 is 17.2 Å². The fraction of sp³-hybridized carbons (Fsp3) is 0.308. The molecule has 0 aliphatic heterocycles. The predicted molar refractivity (Wildman–Crippen MR) is 74.5 cm³/mol. The van der Waals surface area contributed by atoms with Gasteiger partial charge in [-0.15, -0.1) is 5.10 Å². The average Bonchev–Trinajstić information content (AvgIpc) is 2.64. The van der Waals surface area contributed by atoms with E-state index in [9.17, 15) is 0 Å². The first-order valence-corrected chi connectivity index (χ1v) is 6.03. The third-order valence-corrected chi connectivity index (χ3v) is 2.96. The normalized spacial score (nSPS) is 10.8. The quantitative estimate of drug-likeness (QED) is 0.755. The minimum atomic E-state index is 0.488. The van der Waals surface area contributed by atoms with Gasteiger partial charge in [-0.25, -0.2) is 4.68 Å². The van der Waals surface area contributed by atoms with Crippen molar-refractivity contribution in [2.24, 2.45) is 5.73 Å². The molecule has 1 aromatic heterocycles. The summed E-state index contributed by atoms with van der Waals surface area (Å²) in [7, 11) is 0. The molecule has 0 saturated heterocycles. The van der Waals surface area contributed by atoms with Crippen molar-refractivity contribution in [1.82, 2.24) is 9.78 Å². The maximum absolute atomic E-state index is 6.09. The molecule has 2 rings (SSSR count). The lowest BCUT2D eigenvalue weighted by Crippen LogP contribution is -2.05. The molecule has 0 aliphatic carbocycles.